The molecule has 0 aromatic carbocycles. The second-order valence-electron chi connectivity index (χ2n) is 6.71. The Labute approximate surface area is 144 Å². The van der Waals surface area contributed by atoms with Gasteiger partial charge in [0.15, 0.2) is 0 Å². The number of nitrogens with one attached hydrogen (secondary N) is 1. The van der Waals surface area contributed by atoms with E-state index in [9.17, 15) is 14.8 Å². The van der Waals surface area contributed by atoms with Gasteiger partial charge >= 0.3 is 5.91 Å². The Bertz CT molecular complexity index is 890. The van der Waals surface area contributed by atoms with Gasteiger partial charge in [0.05, 0.1) is 24.9 Å². The highest BCUT2D eigenvalue weighted by Crippen LogP contribution is 2.23. The topological polar surface area (TPSA) is 93.0 Å². The van der Waals surface area contributed by atoms with E-state index in [1.807, 2.05) is 0 Å². The second-order valence-corrected chi connectivity index (χ2v) is 6.71. The zero-order chi connectivity index (χ0) is 17.4. The molecule has 2 aromatic heterocycles. The first kappa shape index (κ1) is 15.8. The fourth-order valence-electron chi connectivity index (χ4n) is 3.78. The maximum absolute atomic E-state index is 12.1. The maximum Gasteiger partial charge on any atom is 0.309 e. The molecule has 1 N–H and O–H groups in total. The summed E-state index contributed by atoms with van der Waals surface area (Å²) < 4.78 is 0.739. The molecule has 25 heavy (non-hydrogen) atoms. The number of aromatic amines is 1. The number of rotatable bonds is 3. The molecule has 1 aliphatic heterocycles. The van der Waals surface area contributed by atoms with Crippen molar-refractivity contribution in [2.24, 2.45) is 0 Å². The number of hydrogen-bond donors (Lipinski definition) is 1. The van der Waals surface area contributed by atoms with E-state index in [1.54, 1.807) is 17.0 Å². The van der Waals surface area contributed by atoms with E-state index in [1.165, 1.54) is 6.20 Å². The molecule has 1 aliphatic carbocycles. The van der Waals surface area contributed by atoms with Gasteiger partial charge < -0.3 is 5.21 Å². The van der Waals surface area contributed by atoms with Crippen LogP contribution in [-0.2, 0) is 24.1 Å². The van der Waals surface area contributed by atoms with Crippen LogP contribution in [0, 0.1) is 5.21 Å². The summed E-state index contributed by atoms with van der Waals surface area (Å²) in [6.07, 6.45) is 6.99. The molecule has 0 unspecified atom stereocenters. The molecule has 0 atom stereocenters. The molecule has 3 heterocycles. The minimum Gasteiger partial charge on any atom is -0.711 e. The molecular formula is C18H20N4O3. The minimum atomic E-state index is -0.0905. The predicted molar refractivity (Wildman–Crippen MR) is 91.3 cm³/mol. The standard InChI is InChI=1S/C18H20N4O3/c23-17-6-3-8-21(17)16-11-12(7-9-22(16)25)10-15-13-4-1-2-5-14(13)18(24)20-19-15/h7,9,11H,1-6,8,10H2,(H,20,24). The van der Waals surface area contributed by atoms with Gasteiger partial charge in [-0.15, -0.1) is 0 Å². The van der Waals surface area contributed by atoms with Gasteiger partial charge in [0.2, 0.25) is 0 Å². The summed E-state index contributed by atoms with van der Waals surface area (Å²) in [6.45, 7) is 0.580. The zero-order valence-electron chi connectivity index (χ0n) is 14.0. The van der Waals surface area contributed by atoms with Gasteiger partial charge in [-0.05, 0) is 49.3 Å². The van der Waals surface area contributed by atoms with Crippen LogP contribution in [0.3, 0.4) is 0 Å². The Morgan fingerprint density at radius 3 is 2.72 bits per heavy atom. The van der Waals surface area contributed by atoms with Crippen molar-refractivity contribution in [3.63, 3.8) is 0 Å². The Hall–Kier alpha value is -2.70. The van der Waals surface area contributed by atoms with Gasteiger partial charge in [-0.3, -0.25) is 4.79 Å². The largest absolute Gasteiger partial charge is 0.711 e. The van der Waals surface area contributed by atoms with Gasteiger partial charge in [0.1, 0.15) is 0 Å². The number of carbonyl (C=O) groups excluding carboxylic acids is 1. The fourth-order valence-corrected chi connectivity index (χ4v) is 3.78. The molecule has 0 bridgehead atoms. The van der Waals surface area contributed by atoms with Crippen LogP contribution in [-0.4, -0.2) is 22.6 Å². The van der Waals surface area contributed by atoms with Gasteiger partial charge in [-0.1, -0.05) is 0 Å². The summed E-state index contributed by atoms with van der Waals surface area (Å²) in [6, 6.07) is 3.51. The molecule has 130 valence electrons. The molecule has 7 heteroatoms. The molecule has 1 amide bonds. The molecule has 2 aliphatic rings. The summed E-state index contributed by atoms with van der Waals surface area (Å²) in [5.41, 5.74) is 3.58. The van der Waals surface area contributed by atoms with Crippen LogP contribution in [0.5, 0.6) is 0 Å². The normalized spacial score (nSPS) is 17.0. The van der Waals surface area contributed by atoms with Crippen LogP contribution in [0.1, 0.15) is 48.1 Å². The third-order valence-electron chi connectivity index (χ3n) is 5.07. The molecule has 4 rings (SSSR count). The van der Waals surface area contributed by atoms with Crippen molar-refractivity contribution < 1.29 is 9.52 Å². The number of H-pyrrole nitrogens is 1. The third-order valence-corrected chi connectivity index (χ3v) is 5.07. The Morgan fingerprint density at radius 1 is 1.16 bits per heavy atom. The van der Waals surface area contributed by atoms with Gasteiger partial charge in [-0.2, -0.15) is 10.00 Å². The Balaban J connectivity index is 1.68. The van der Waals surface area contributed by atoms with Gasteiger partial charge in [0.25, 0.3) is 11.4 Å². The van der Waals surface area contributed by atoms with Crippen LogP contribution in [0.4, 0.5) is 5.82 Å². The first-order valence-corrected chi connectivity index (χ1v) is 8.75. The van der Waals surface area contributed by atoms with Crippen molar-refractivity contribution >= 4 is 11.7 Å². The monoisotopic (exact) mass is 340 g/mol. The summed E-state index contributed by atoms with van der Waals surface area (Å²) in [5, 5.41) is 18.9. The highest BCUT2D eigenvalue weighted by atomic mass is 16.5. The van der Waals surface area contributed by atoms with Crippen molar-refractivity contribution in [1.29, 1.82) is 0 Å². The van der Waals surface area contributed by atoms with Crippen LogP contribution in [0.15, 0.2) is 23.1 Å². The van der Waals surface area contributed by atoms with E-state index >= 15 is 0 Å². The molecule has 0 spiro atoms. The predicted octanol–water partition coefficient (Wildman–Crippen LogP) is 1.000. The van der Waals surface area contributed by atoms with Gasteiger partial charge in [-0.25, -0.2) is 14.6 Å². The van der Waals surface area contributed by atoms with E-state index in [2.05, 4.69) is 10.2 Å². The number of hydrogen-bond acceptors (Lipinski definition) is 4. The third kappa shape index (κ3) is 2.90. The Kier molecular flexibility index (Phi) is 3.99. The van der Waals surface area contributed by atoms with E-state index in [4.69, 9.17) is 0 Å². The average Bonchev–Trinajstić information content (AvgIpc) is 3.05. The average molecular weight is 340 g/mol. The first-order valence-electron chi connectivity index (χ1n) is 8.75. The SMILES string of the molecule is O=C1CCCN1c1cc(Cc2n[nH]c(=O)c3c2CCCC3)cc[n+]1[O-]. The Morgan fingerprint density at radius 2 is 1.96 bits per heavy atom. The first-order chi connectivity index (χ1) is 12.1. The number of carbonyl (C=O) groups is 1. The molecule has 1 saturated heterocycles. The molecule has 0 radical (unpaired) electrons. The van der Waals surface area contributed by atoms with Crippen LogP contribution >= 0.6 is 0 Å². The van der Waals surface area contributed by atoms with E-state index in [0.717, 1.165) is 59.2 Å². The van der Waals surface area contributed by atoms with Crippen molar-refractivity contribution in [3.8, 4) is 0 Å². The lowest BCUT2D eigenvalue weighted by molar-refractivity contribution is -0.591. The number of aromatic nitrogens is 3. The summed E-state index contributed by atoms with van der Waals surface area (Å²) in [4.78, 5) is 25.5. The number of nitrogens with zero attached hydrogens (tertiary/aromatic N) is 3. The van der Waals surface area contributed by atoms with Crippen molar-refractivity contribution in [2.45, 2.75) is 44.9 Å². The van der Waals surface area contributed by atoms with E-state index in [0.29, 0.717) is 25.2 Å². The highest BCUT2D eigenvalue weighted by Gasteiger charge is 2.31. The molecule has 2 aromatic rings. The minimum absolute atomic E-state index is 0.0127. The lowest BCUT2D eigenvalue weighted by atomic mass is 9.90. The van der Waals surface area contributed by atoms with Crippen LogP contribution in [0.2, 0.25) is 0 Å². The van der Waals surface area contributed by atoms with Crippen molar-refractivity contribution in [2.75, 3.05) is 11.4 Å². The lowest BCUT2D eigenvalue weighted by Gasteiger charge is -2.18. The number of pyridine rings is 1. The zero-order valence-corrected chi connectivity index (χ0v) is 14.0. The second kappa shape index (κ2) is 6.31. The molecule has 1 fully saturated rings. The summed E-state index contributed by atoms with van der Waals surface area (Å²) in [7, 11) is 0. The molecular weight excluding hydrogens is 320 g/mol. The highest BCUT2D eigenvalue weighted by molar-refractivity contribution is 5.93. The van der Waals surface area contributed by atoms with Crippen molar-refractivity contribution in [1.82, 2.24) is 10.2 Å². The lowest BCUT2D eigenvalue weighted by Crippen LogP contribution is -2.38. The smallest absolute Gasteiger partial charge is 0.309 e. The van der Waals surface area contributed by atoms with E-state index < -0.39 is 0 Å². The number of fused-ring (bicyclic) bond motifs is 1. The maximum atomic E-state index is 12.1. The number of anilines is 1. The molecule has 7 nitrogen and oxygen atoms in total. The van der Waals surface area contributed by atoms with Crippen molar-refractivity contribution in [3.05, 3.63) is 56.3 Å². The summed E-state index contributed by atoms with van der Waals surface area (Å²) >= 11 is 0. The molecule has 0 saturated carbocycles. The summed E-state index contributed by atoms with van der Waals surface area (Å²) in [5.74, 6) is 0.361. The van der Waals surface area contributed by atoms with Crippen LogP contribution in [0.25, 0.3) is 0 Å². The van der Waals surface area contributed by atoms with E-state index in [-0.39, 0.29) is 11.5 Å². The quantitative estimate of drug-likeness (QED) is 0.666. The fraction of sp³-hybridized carbons (Fsp3) is 0.444. The van der Waals surface area contributed by atoms with Crippen LogP contribution < -0.4 is 15.2 Å². The number of amides is 1. The van der Waals surface area contributed by atoms with Gasteiger partial charge in [0, 0.05) is 18.1 Å².